The van der Waals surface area contributed by atoms with E-state index in [1.807, 2.05) is 0 Å². The summed E-state index contributed by atoms with van der Waals surface area (Å²) in [6, 6.07) is 13.2. The molecule has 1 N–H and O–H groups in total. The summed E-state index contributed by atoms with van der Waals surface area (Å²) in [5.41, 5.74) is -0.462. The largest absolute Gasteiger partial charge is 0.325 e. The van der Waals surface area contributed by atoms with Gasteiger partial charge in [-0.3, -0.25) is 9.69 Å². The summed E-state index contributed by atoms with van der Waals surface area (Å²) in [5, 5.41) is 2.75. The Kier molecular flexibility index (Phi) is 4.87. The van der Waals surface area contributed by atoms with Crippen molar-refractivity contribution in [3.05, 3.63) is 66.0 Å². The average molecular weight is 417 g/mol. The van der Waals surface area contributed by atoms with Crippen molar-refractivity contribution in [2.24, 2.45) is 0 Å². The van der Waals surface area contributed by atoms with Crippen molar-refractivity contribution in [1.29, 1.82) is 0 Å². The molecular weight excluding hydrogens is 397 g/mol. The van der Waals surface area contributed by atoms with Gasteiger partial charge in [0.25, 0.3) is 5.91 Å². The van der Waals surface area contributed by atoms with Crippen LogP contribution in [0.15, 0.2) is 59.5 Å². The monoisotopic (exact) mass is 417 g/mol. The number of carbonyl (C=O) groups excluding carboxylic acids is 2. The standard InChI is InChI=1S/C20H20FN3O4S/c21-16-8-6-15(7-9-16)14-24-18(25)20(22-19(24)26)10-12-23(13-11-20)29(27,28)17-4-2-1-3-5-17/h1-9H,10-14H2,(H,22,26). The van der Waals surface area contributed by atoms with Crippen LogP contribution in [-0.2, 0) is 21.4 Å². The molecule has 29 heavy (non-hydrogen) atoms. The van der Waals surface area contributed by atoms with E-state index in [4.69, 9.17) is 0 Å². The molecule has 2 heterocycles. The average Bonchev–Trinajstić information content (AvgIpc) is 2.94. The minimum Gasteiger partial charge on any atom is -0.323 e. The topological polar surface area (TPSA) is 86.8 Å². The highest BCUT2D eigenvalue weighted by molar-refractivity contribution is 7.89. The van der Waals surface area contributed by atoms with Crippen molar-refractivity contribution in [2.45, 2.75) is 29.8 Å². The van der Waals surface area contributed by atoms with Crippen LogP contribution in [0.1, 0.15) is 18.4 Å². The van der Waals surface area contributed by atoms with Gasteiger partial charge >= 0.3 is 6.03 Å². The number of halogens is 1. The highest BCUT2D eigenvalue weighted by Gasteiger charge is 2.53. The van der Waals surface area contributed by atoms with Gasteiger partial charge in [-0.1, -0.05) is 30.3 Å². The second-order valence-electron chi connectivity index (χ2n) is 7.25. The minimum atomic E-state index is -3.65. The third-order valence-corrected chi connectivity index (χ3v) is 7.37. The normalized spacial score (nSPS) is 19.6. The van der Waals surface area contributed by atoms with E-state index in [2.05, 4.69) is 5.32 Å². The maximum Gasteiger partial charge on any atom is 0.325 e. The SMILES string of the molecule is O=C1NC2(CCN(S(=O)(=O)c3ccccc3)CC2)C(=O)N1Cc1ccc(F)cc1. The molecule has 2 saturated heterocycles. The zero-order valence-electron chi connectivity index (χ0n) is 15.5. The van der Waals surface area contributed by atoms with Crippen LogP contribution in [0.25, 0.3) is 0 Å². The second-order valence-corrected chi connectivity index (χ2v) is 9.19. The lowest BCUT2D eigenvalue weighted by atomic mass is 9.88. The molecule has 2 aliphatic rings. The van der Waals surface area contributed by atoms with Crippen LogP contribution in [0, 0.1) is 5.82 Å². The predicted octanol–water partition coefficient (Wildman–Crippen LogP) is 2.10. The number of amides is 3. The van der Waals surface area contributed by atoms with Gasteiger partial charge in [-0.25, -0.2) is 17.6 Å². The lowest BCUT2D eigenvalue weighted by molar-refractivity contribution is -0.133. The Hall–Kier alpha value is -2.78. The number of benzene rings is 2. The number of nitrogens with zero attached hydrogens (tertiary/aromatic N) is 2. The highest BCUT2D eigenvalue weighted by atomic mass is 32.2. The lowest BCUT2D eigenvalue weighted by Gasteiger charge is -2.36. The molecule has 0 saturated carbocycles. The van der Waals surface area contributed by atoms with Crippen molar-refractivity contribution in [1.82, 2.24) is 14.5 Å². The van der Waals surface area contributed by atoms with E-state index in [-0.39, 0.29) is 43.3 Å². The summed E-state index contributed by atoms with van der Waals surface area (Å²) in [6.07, 6.45) is 0.396. The maximum absolute atomic E-state index is 13.1. The molecule has 2 fully saturated rings. The molecule has 0 atom stereocenters. The first-order chi connectivity index (χ1) is 13.8. The molecule has 4 rings (SSSR count). The molecule has 2 aromatic carbocycles. The van der Waals surface area contributed by atoms with Crippen molar-refractivity contribution < 1.29 is 22.4 Å². The molecule has 9 heteroatoms. The van der Waals surface area contributed by atoms with Gasteiger partial charge in [-0.2, -0.15) is 4.31 Å². The van der Waals surface area contributed by atoms with E-state index in [0.29, 0.717) is 5.56 Å². The van der Waals surface area contributed by atoms with Crippen LogP contribution < -0.4 is 5.32 Å². The van der Waals surface area contributed by atoms with E-state index >= 15 is 0 Å². The Morgan fingerprint density at radius 1 is 0.966 bits per heavy atom. The number of hydrogen-bond donors (Lipinski definition) is 1. The third kappa shape index (κ3) is 3.51. The zero-order valence-corrected chi connectivity index (χ0v) is 16.4. The van der Waals surface area contributed by atoms with E-state index in [1.54, 1.807) is 18.2 Å². The van der Waals surface area contributed by atoms with Crippen molar-refractivity contribution in [2.75, 3.05) is 13.1 Å². The van der Waals surface area contributed by atoms with Crippen LogP contribution in [0.4, 0.5) is 9.18 Å². The summed E-state index contributed by atoms with van der Waals surface area (Å²) in [4.78, 5) is 26.7. The lowest BCUT2D eigenvalue weighted by Crippen LogP contribution is -2.55. The summed E-state index contributed by atoms with van der Waals surface area (Å²) in [7, 11) is -3.65. The van der Waals surface area contributed by atoms with Gasteiger partial charge in [0, 0.05) is 13.1 Å². The van der Waals surface area contributed by atoms with Gasteiger partial charge in [-0.05, 0) is 42.7 Å². The van der Waals surface area contributed by atoms with Crippen molar-refractivity contribution in [3.8, 4) is 0 Å². The molecule has 2 aromatic rings. The minimum absolute atomic E-state index is 0.0404. The Morgan fingerprint density at radius 2 is 1.59 bits per heavy atom. The molecule has 0 radical (unpaired) electrons. The molecular formula is C20H20FN3O4S. The molecule has 0 aromatic heterocycles. The molecule has 7 nitrogen and oxygen atoms in total. The van der Waals surface area contributed by atoms with Gasteiger partial charge in [0.2, 0.25) is 10.0 Å². The summed E-state index contributed by atoms with van der Waals surface area (Å²) >= 11 is 0. The molecule has 1 spiro atoms. The number of carbonyl (C=O) groups is 2. The Bertz CT molecular complexity index is 1030. The van der Waals surface area contributed by atoms with Crippen LogP contribution in [0.2, 0.25) is 0 Å². The van der Waals surface area contributed by atoms with E-state index in [1.165, 1.54) is 40.7 Å². The van der Waals surface area contributed by atoms with Crippen molar-refractivity contribution >= 4 is 22.0 Å². The van der Waals surface area contributed by atoms with Crippen molar-refractivity contribution in [3.63, 3.8) is 0 Å². The first-order valence-corrected chi connectivity index (χ1v) is 10.7. The molecule has 0 aliphatic carbocycles. The van der Waals surface area contributed by atoms with Gasteiger partial charge in [0.15, 0.2) is 0 Å². The van der Waals surface area contributed by atoms with Gasteiger partial charge in [0.05, 0.1) is 11.4 Å². The first-order valence-electron chi connectivity index (χ1n) is 9.26. The Balaban J connectivity index is 1.47. The number of imide groups is 1. The number of piperidine rings is 1. The summed E-state index contributed by atoms with van der Waals surface area (Å²) < 4.78 is 40.0. The van der Waals surface area contributed by atoms with Crippen LogP contribution in [-0.4, -0.2) is 48.2 Å². The quantitative estimate of drug-likeness (QED) is 0.772. The molecule has 2 aliphatic heterocycles. The molecule has 0 bridgehead atoms. The van der Waals surface area contributed by atoms with Crippen LogP contribution >= 0.6 is 0 Å². The van der Waals surface area contributed by atoms with Crippen LogP contribution in [0.3, 0.4) is 0 Å². The Morgan fingerprint density at radius 3 is 2.21 bits per heavy atom. The fourth-order valence-corrected chi connectivity index (χ4v) is 5.24. The second kappa shape index (κ2) is 7.23. The molecule has 3 amide bonds. The van der Waals surface area contributed by atoms with Crippen LogP contribution in [0.5, 0.6) is 0 Å². The highest BCUT2D eigenvalue weighted by Crippen LogP contribution is 2.32. The fraction of sp³-hybridized carbons (Fsp3) is 0.300. The zero-order chi connectivity index (χ0) is 20.6. The first kappa shape index (κ1) is 19.5. The Labute approximate surface area is 168 Å². The van der Waals surface area contributed by atoms with Gasteiger partial charge in [-0.15, -0.1) is 0 Å². The maximum atomic E-state index is 13.1. The summed E-state index contributed by atoms with van der Waals surface area (Å²) in [6.45, 7) is 0.306. The van der Waals surface area contributed by atoms with Gasteiger partial charge in [0.1, 0.15) is 11.4 Å². The third-order valence-electron chi connectivity index (χ3n) is 5.46. The van der Waals surface area contributed by atoms with Gasteiger partial charge < -0.3 is 5.32 Å². The number of rotatable bonds is 4. The number of sulfonamides is 1. The molecule has 152 valence electrons. The predicted molar refractivity (Wildman–Crippen MR) is 103 cm³/mol. The summed E-state index contributed by atoms with van der Waals surface area (Å²) in [5.74, 6) is -0.766. The molecule has 0 unspecified atom stereocenters. The number of nitrogens with one attached hydrogen (secondary N) is 1. The fourth-order valence-electron chi connectivity index (χ4n) is 3.78. The van der Waals surface area contributed by atoms with E-state index < -0.39 is 27.4 Å². The smallest absolute Gasteiger partial charge is 0.323 e. The number of hydrogen-bond acceptors (Lipinski definition) is 4. The van der Waals surface area contributed by atoms with E-state index in [0.717, 1.165) is 4.90 Å². The van der Waals surface area contributed by atoms with E-state index in [9.17, 15) is 22.4 Å². The number of urea groups is 1.